The van der Waals surface area contributed by atoms with Crippen molar-refractivity contribution in [2.24, 2.45) is 4.99 Å². The molecule has 2 rings (SSSR count). The monoisotopic (exact) mass is 334 g/mol. The number of guanidine groups is 1. The lowest BCUT2D eigenvalue weighted by molar-refractivity contribution is -0.120. The Labute approximate surface area is 140 Å². The number of nitrogens with one attached hydrogen (secondary N) is 3. The summed E-state index contributed by atoms with van der Waals surface area (Å²) in [5.74, 6) is 1.61. The average Bonchev–Trinajstić information content (AvgIpc) is 3.26. The number of amides is 1. The summed E-state index contributed by atoms with van der Waals surface area (Å²) in [7, 11) is 1.69. The molecule has 2 heterocycles. The number of hydrogen-bond acceptors (Lipinski definition) is 4. The maximum atomic E-state index is 11.8. The van der Waals surface area contributed by atoms with E-state index in [9.17, 15) is 4.79 Å². The van der Waals surface area contributed by atoms with Crippen LogP contribution in [-0.4, -0.2) is 32.0 Å². The zero-order chi connectivity index (χ0) is 16.5. The molecular weight excluding hydrogens is 312 g/mol. The second-order valence-electron chi connectivity index (χ2n) is 5.12. The molecule has 2 aromatic rings. The molecule has 0 aromatic carbocycles. The van der Waals surface area contributed by atoms with Crippen LogP contribution in [-0.2, 0) is 11.3 Å². The van der Waals surface area contributed by atoms with Crippen molar-refractivity contribution >= 4 is 23.2 Å². The lowest BCUT2D eigenvalue weighted by Gasteiger charge is -2.15. The van der Waals surface area contributed by atoms with Crippen molar-refractivity contribution in [1.82, 2.24) is 16.0 Å². The van der Waals surface area contributed by atoms with Crippen LogP contribution in [0.3, 0.4) is 0 Å². The van der Waals surface area contributed by atoms with E-state index in [1.54, 1.807) is 30.7 Å². The van der Waals surface area contributed by atoms with Crippen LogP contribution in [0.4, 0.5) is 0 Å². The van der Waals surface area contributed by atoms with Gasteiger partial charge < -0.3 is 20.4 Å². The predicted molar refractivity (Wildman–Crippen MR) is 92.7 cm³/mol. The molecule has 0 aliphatic carbocycles. The van der Waals surface area contributed by atoms with Gasteiger partial charge >= 0.3 is 0 Å². The molecule has 0 spiro atoms. The topological polar surface area (TPSA) is 78.7 Å². The van der Waals surface area contributed by atoms with Crippen LogP contribution in [0, 0.1) is 0 Å². The van der Waals surface area contributed by atoms with Gasteiger partial charge in [0.25, 0.3) is 0 Å². The fourth-order valence-electron chi connectivity index (χ4n) is 1.97. The molecule has 0 radical (unpaired) electrons. The first-order chi connectivity index (χ1) is 11.2. The van der Waals surface area contributed by atoms with Gasteiger partial charge in [-0.05, 0) is 40.4 Å². The Morgan fingerprint density at radius 2 is 2.22 bits per heavy atom. The molecule has 1 amide bonds. The number of furan rings is 1. The maximum absolute atomic E-state index is 11.8. The summed E-state index contributed by atoms with van der Waals surface area (Å²) >= 11 is 1.69. The molecule has 0 saturated carbocycles. The first kappa shape index (κ1) is 17.1. The summed E-state index contributed by atoms with van der Waals surface area (Å²) in [5, 5.41) is 13.2. The summed E-state index contributed by atoms with van der Waals surface area (Å²) in [6.45, 7) is 3.45. The first-order valence-corrected chi connectivity index (χ1v) is 8.39. The Balaban J connectivity index is 1.67. The van der Waals surface area contributed by atoms with Crippen molar-refractivity contribution in [2.75, 3.05) is 20.1 Å². The molecule has 0 saturated heterocycles. The van der Waals surface area contributed by atoms with Crippen molar-refractivity contribution in [1.29, 1.82) is 0 Å². The fourth-order valence-corrected chi connectivity index (χ4v) is 2.75. The second kappa shape index (κ2) is 8.99. The third-order valence-electron chi connectivity index (χ3n) is 3.37. The zero-order valence-electron chi connectivity index (χ0n) is 13.3. The zero-order valence-corrected chi connectivity index (χ0v) is 14.2. The third kappa shape index (κ3) is 5.78. The maximum Gasteiger partial charge on any atom is 0.239 e. The summed E-state index contributed by atoms with van der Waals surface area (Å²) in [6, 6.07) is 5.73. The van der Waals surface area contributed by atoms with Gasteiger partial charge in [-0.3, -0.25) is 9.79 Å². The van der Waals surface area contributed by atoms with Crippen molar-refractivity contribution in [3.8, 4) is 0 Å². The Bertz CT molecular complexity index is 608. The first-order valence-electron chi connectivity index (χ1n) is 7.44. The van der Waals surface area contributed by atoms with E-state index in [1.807, 2.05) is 6.07 Å². The van der Waals surface area contributed by atoms with Gasteiger partial charge in [0.2, 0.25) is 5.91 Å². The minimum Gasteiger partial charge on any atom is -0.467 e. The quantitative estimate of drug-likeness (QED) is 0.534. The molecule has 7 heteroatoms. The number of rotatable bonds is 7. The molecule has 1 atom stereocenters. The number of nitrogens with zero attached hydrogens (tertiary/aromatic N) is 1. The number of aliphatic imine (C=N–C) groups is 1. The normalized spacial score (nSPS) is 12.7. The molecule has 1 unspecified atom stereocenters. The highest BCUT2D eigenvalue weighted by Gasteiger charge is 2.08. The predicted octanol–water partition coefficient (Wildman–Crippen LogP) is 1.93. The van der Waals surface area contributed by atoms with Gasteiger partial charge in [-0.2, -0.15) is 11.3 Å². The number of carbonyl (C=O) groups excluding carboxylic acids is 1. The van der Waals surface area contributed by atoms with Crippen molar-refractivity contribution < 1.29 is 9.21 Å². The molecule has 3 N–H and O–H groups in total. The Hall–Kier alpha value is -2.28. The molecule has 2 aromatic heterocycles. The minimum atomic E-state index is -0.116. The lowest BCUT2D eigenvalue weighted by atomic mass is 10.1. The molecular formula is C16H22N4O2S. The van der Waals surface area contributed by atoms with Crippen LogP contribution in [0.25, 0.3) is 0 Å². The Morgan fingerprint density at radius 1 is 1.35 bits per heavy atom. The highest BCUT2D eigenvalue weighted by molar-refractivity contribution is 7.07. The Kier molecular flexibility index (Phi) is 6.68. The van der Waals surface area contributed by atoms with Crippen LogP contribution >= 0.6 is 11.3 Å². The lowest BCUT2D eigenvalue weighted by Crippen LogP contribution is -2.43. The third-order valence-corrected chi connectivity index (χ3v) is 4.07. The van der Waals surface area contributed by atoms with Gasteiger partial charge in [-0.15, -0.1) is 0 Å². The molecule has 0 fully saturated rings. The van der Waals surface area contributed by atoms with Gasteiger partial charge in [0.05, 0.1) is 19.4 Å². The average molecular weight is 334 g/mol. The standard InChI is InChI=1S/C16H22N4O2S/c1-12(13-5-7-23-11-13)8-19-16(17-2)20-10-15(21)18-9-14-4-3-6-22-14/h3-7,11-12H,8-10H2,1-2H3,(H,18,21)(H2,17,19,20). The van der Waals surface area contributed by atoms with E-state index in [0.29, 0.717) is 18.4 Å². The largest absolute Gasteiger partial charge is 0.467 e. The minimum absolute atomic E-state index is 0.116. The summed E-state index contributed by atoms with van der Waals surface area (Å²) < 4.78 is 5.16. The highest BCUT2D eigenvalue weighted by Crippen LogP contribution is 2.16. The number of thiophene rings is 1. The van der Waals surface area contributed by atoms with Gasteiger partial charge in [0, 0.05) is 13.6 Å². The van der Waals surface area contributed by atoms with E-state index in [0.717, 1.165) is 12.3 Å². The van der Waals surface area contributed by atoms with E-state index in [1.165, 1.54) is 5.56 Å². The van der Waals surface area contributed by atoms with E-state index in [2.05, 4.69) is 44.7 Å². The molecule has 23 heavy (non-hydrogen) atoms. The Morgan fingerprint density at radius 3 is 2.87 bits per heavy atom. The number of carbonyl (C=O) groups is 1. The molecule has 124 valence electrons. The molecule has 0 aliphatic heterocycles. The SMILES string of the molecule is CN=C(NCC(=O)NCc1ccco1)NCC(C)c1ccsc1. The van der Waals surface area contributed by atoms with Crippen molar-refractivity contribution in [3.63, 3.8) is 0 Å². The van der Waals surface area contributed by atoms with Gasteiger partial charge in [0.15, 0.2) is 5.96 Å². The van der Waals surface area contributed by atoms with E-state index in [4.69, 9.17) is 4.42 Å². The smallest absolute Gasteiger partial charge is 0.239 e. The van der Waals surface area contributed by atoms with Crippen molar-refractivity contribution in [3.05, 3.63) is 46.5 Å². The summed E-state index contributed by atoms with van der Waals surface area (Å²) in [6.07, 6.45) is 1.58. The summed E-state index contributed by atoms with van der Waals surface area (Å²) in [4.78, 5) is 15.9. The van der Waals surface area contributed by atoms with Crippen LogP contribution in [0.15, 0.2) is 44.6 Å². The van der Waals surface area contributed by atoms with Crippen LogP contribution < -0.4 is 16.0 Å². The summed E-state index contributed by atoms with van der Waals surface area (Å²) in [5.41, 5.74) is 1.30. The number of hydrogen-bond donors (Lipinski definition) is 3. The van der Waals surface area contributed by atoms with Gasteiger partial charge in [0.1, 0.15) is 5.76 Å². The molecule has 0 aliphatic rings. The van der Waals surface area contributed by atoms with Crippen LogP contribution in [0.1, 0.15) is 24.2 Å². The van der Waals surface area contributed by atoms with Gasteiger partial charge in [-0.25, -0.2) is 0 Å². The second-order valence-corrected chi connectivity index (χ2v) is 5.90. The highest BCUT2D eigenvalue weighted by atomic mass is 32.1. The van der Waals surface area contributed by atoms with Crippen LogP contribution in [0.2, 0.25) is 0 Å². The van der Waals surface area contributed by atoms with E-state index >= 15 is 0 Å². The van der Waals surface area contributed by atoms with Gasteiger partial charge in [-0.1, -0.05) is 6.92 Å². The fraction of sp³-hybridized carbons (Fsp3) is 0.375. The molecule has 6 nitrogen and oxygen atoms in total. The molecule has 0 bridgehead atoms. The van der Waals surface area contributed by atoms with E-state index in [-0.39, 0.29) is 12.5 Å². The van der Waals surface area contributed by atoms with Crippen LogP contribution in [0.5, 0.6) is 0 Å². The van der Waals surface area contributed by atoms with Crippen molar-refractivity contribution in [2.45, 2.75) is 19.4 Å². The van der Waals surface area contributed by atoms with E-state index < -0.39 is 0 Å².